The molecule has 1 aliphatic heterocycles. The van der Waals surface area contributed by atoms with Gasteiger partial charge < -0.3 is 15.2 Å². The quantitative estimate of drug-likeness (QED) is 0.156. The molecule has 2 aromatic carbocycles. The van der Waals surface area contributed by atoms with Crippen LogP contribution in [-0.2, 0) is 9.53 Å². The minimum atomic E-state index is -0.767. The lowest BCUT2D eigenvalue weighted by Crippen LogP contribution is -2.26. The van der Waals surface area contributed by atoms with E-state index in [1.807, 2.05) is 13.0 Å². The van der Waals surface area contributed by atoms with E-state index < -0.39 is 18.1 Å². The number of hydrogen-bond acceptors (Lipinski definition) is 10. The monoisotopic (exact) mass is 735 g/mol. The van der Waals surface area contributed by atoms with E-state index >= 15 is 0 Å². The second-order valence-electron chi connectivity index (χ2n) is 11.7. The normalized spacial score (nSPS) is 16.1. The maximum atomic E-state index is 13.9. The van der Waals surface area contributed by atoms with Crippen LogP contribution in [0.25, 0.3) is 28.1 Å². The lowest BCUT2D eigenvalue weighted by molar-refractivity contribution is -0.119. The number of hydrogen-bond donors (Lipinski definition) is 3. The average molecular weight is 737 g/mol. The molecule has 6 rings (SSSR count). The number of amides is 2. The van der Waals surface area contributed by atoms with E-state index in [9.17, 15) is 19.2 Å². The number of nitrogens with one attached hydrogen (secondary N) is 2. The van der Waals surface area contributed by atoms with Crippen molar-refractivity contribution in [1.82, 2.24) is 24.5 Å². The summed E-state index contributed by atoms with van der Waals surface area (Å²) in [4.78, 5) is 58.4. The van der Waals surface area contributed by atoms with E-state index in [2.05, 4.69) is 25.9 Å². The molecule has 3 N–H and O–H groups in total. The van der Waals surface area contributed by atoms with Crippen molar-refractivity contribution in [2.45, 2.75) is 39.2 Å². The smallest absolute Gasteiger partial charge is 0.411 e. The Balaban J connectivity index is 1.43. The molecule has 16 heteroatoms. The maximum absolute atomic E-state index is 13.9. The van der Waals surface area contributed by atoms with Gasteiger partial charge in [-0.3, -0.25) is 24.3 Å². The number of aliphatic hydroxyl groups excluding tert-OH is 1. The molecule has 0 unspecified atom stereocenters. The van der Waals surface area contributed by atoms with Crippen molar-refractivity contribution in [1.29, 1.82) is 0 Å². The summed E-state index contributed by atoms with van der Waals surface area (Å²) in [6.45, 7) is 2.79. The van der Waals surface area contributed by atoms with Gasteiger partial charge in [0.25, 0.3) is 5.56 Å². The molecule has 1 aliphatic rings. The van der Waals surface area contributed by atoms with Gasteiger partial charge in [0.2, 0.25) is 5.91 Å². The van der Waals surface area contributed by atoms with Crippen LogP contribution >= 0.6 is 34.5 Å². The van der Waals surface area contributed by atoms with Crippen molar-refractivity contribution in [3.63, 3.8) is 0 Å². The molecule has 5 aromatic rings. The summed E-state index contributed by atoms with van der Waals surface area (Å²) in [5.74, 6) is -0.816. The first-order valence-corrected chi connectivity index (χ1v) is 17.2. The summed E-state index contributed by atoms with van der Waals surface area (Å²) in [6, 6.07) is 12.8. The Labute approximate surface area is 299 Å². The summed E-state index contributed by atoms with van der Waals surface area (Å²) in [7, 11) is 0. The summed E-state index contributed by atoms with van der Waals surface area (Å²) in [5, 5.41) is 23.1. The van der Waals surface area contributed by atoms with Gasteiger partial charge in [-0.15, -0.1) is 16.4 Å². The molecule has 0 saturated carbocycles. The number of carbonyl (C=O) groups excluding carboxylic acids is 3. The van der Waals surface area contributed by atoms with Gasteiger partial charge in [0.1, 0.15) is 6.61 Å². The highest BCUT2D eigenvalue weighted by atomic mass is 35.5. The topological polar surface area (TPSA) is 170 Å². The van der Waals surface area contributed by atoms with Gasteiger partial charge in [-0.2, -0.15) is 0 Å². The van der Waals surface area contributed by atoms with Crippen molar-refractivity contribution in [2.75, 3.05) is 23.8 Å². The molecule has 50 heavy (non-hydrogen) atoms. The molecule has 0 aliphatic carbocycles. The Morgan fingerprint density at radius 3 is 2.62 bits per heavy atom. The maximum Gasteiger partial charge on any atom is 0.411 e. The zero-order chi connectivity index (χ0) is 35.5. The number of thiophene rings is 1. The number of Topliss-reactive ketones (excluding diaryl/α,β-unsaturated/α-hetero) is 1. The molecule has 258 valence electrons. The van der Waals surface area contributed by atoms with Gasteiger partial charge in [-0.25, -0.2) is 14.5 Å². The molecule has 2 amide bonds. The predicted molar refractivity (Wildman–Crippen MR) is 190 cm³/mol. The highest BCUT2D eigenvalue weighted by Crippen LogP contribution is 2.42. The Kier molecular flexibility index (Phi) is 10.4. The number of aromatic nitrogens is 5. The minimum Gasteiger partial charge on any atom is -0.447 e. The second-order valence-corrected chi connectivity index (χ2v) is 13.6. The van der Waals surface area contributed by atoms with E-state index in [4.69, 9.17) is 33.0 Å². The molecule has 0 saturated heterocycles. The molecule has 2 bridgehead atoms. The third kappa shape index (κ3) is 7.48. The van der Waals surface area contributed by atoms with Crippen LogP contribution in [0.2, 0.25) is 10.2 Å². The van der Waals surface area contributed by atoms with E-state index in [0.29, 0.717) is 68.6 Å². The number of halogens is 2. The molecule has 2 atom stereocenters. The number of aliphatic hydroxyl groups is 1. The number of fused-ring (bicyclic) bond motifs is 4. The van der Waals surface area contributed by atoms with Crippen molar-refractivity contribution >= 4 is 63.7 Å². The van der Waals surface area contributed by atoms with Crippen molar-refractivity contribution in [3.05, 3.63) is 91.3 Å². The fraction of sp³-hybridized carbons (Fsp3) is 0.265. The largest absolute Gasteiger partial charge is 0.447 e. The molecule has 4 heterocycles. The fourth-order valence-electron chi connectivity index (χ4n) is 5.78. The van der Waals surface area contributed by atoms with Gasteiger partial charge in [0, 0.05) is 44.3 Å². The van der Waals surface area contributed by atoms with Gasteiger partial charge in [-0.1, -0.05) is 47.8 Å². The van der Waals surface area contributed by atoms with Crippen LogP contribution in [0.5, 0.6) is 0 Å². The molecule has 0 radical (unpaired) electrons. The number of nitrogens with zero attached hydrogens (tertiary/aromatic N) is 5. The standard InChI is InChI=1S/C34H31Cl2N7O6S/c1-18-4-3-5-28(42-17-37-25(15-31(42)46)24-12-20(35)6-9-27(24)43-16-30(36)40-41-43)29-14-23(32(50-29)19(2)45)22-8-7-21(13-26(22)39-33(18)47)38-34(48)49-11-10-44/h6-9,12-18,28,44H,3-5,10-11H2,1-2H3,(H,38,48)(H,39,47)/t18-,28+/m1/s1. The Morgan fingerprint density at radius 2 is 1.90 bits per heavy atom. The first-order chi connectivity index (χ1) is 24.0. The Morgan fingerprint density at radius 1 is 1.08 bits per heavy atom. The third-order valence-electron chi connectivity index (χ3n) is 8.22. The minimum absolute atomic E-state index is 0.173. The van der Waals surface area contributed by atoms with Gasteiger partial charge in [-0.05, 0) is 56.2 Å². The number of rotatable bonds is 7. The zero-order valence-electron chi connectivity index (χ0n) is 26.9. The van der Waals surface area contributed by atoms with Crippen molar-refractivity contribution in [2.24, 2.45) is 5.92 Å². The van der Waals surface area contributed by atoms with Crippen molar-refractivity contribution in [3.8, 4) is 28.1 Å². The molecular weight excluding hydrogens is 705 g/mol. The van der Waals surface area contributed by atoms with Crippen LogP contribution in [0, 0.1) is 5.92 Å². The first-order valence-electron chi connectivity index (χ1n) is 15.6. The number of anilines is 2. The van der Waals surface area contributed by atoms with Crippen LogP contribution in [-0.4, -0.2) is 60.6 Å². The summed E-state index contributed by atoms with van der Waals surface area (Å²) in [6.07, 6.45) is 3.86. The van der Waals surface area contributed by atoms with Gasteiger partial charge in [0.15, 0.2) is 10.9 Å². The molecule has 3 aromatic heterocycles. The Hall–Kier alpha value is -4.89. The lowest BCUT2D eigenvalue weighted by atomic mass is 9.96. The number of ether oxygens (including phenoxy) is 1. The molecule has 13 nitrogen and oxygen atoms in total. The number of carbonyl (C=O) groups is 3. The zero-order valence-corrected chi connectivity index (χ0v) is 29.2. The summed E-state index contributed by atoms with van der Waals surface area (Å²) < 4.78 is 7.93. The lowest BCUT2D eigenvalue weighted by Gasteiger charge is -2.21. The van der Waals surface area contributed by atoms with E-state index in [-0.39, 0.29) is 35.6 Å². The highest BCUT2D eigenvalue weighted by Gasteiger charge is 2.27. The molecule has 0 fully saturated rings. The fourth-order valence-corrected chi connectivity index (χ4v) is 7.28. The second kappa shape index (κ2) is 14.9. The summed E-state index contributed by atoms with van der Waals surface area (Å²) in [5.41, 5.74) is 3.03. The van der Waals surface area contributed by atoms with Crippen LogP contribution < -0.4 is 16.2 Å². The first kappa shape index (κ1) is 35.0. The van der Waals surface area contributed by atoms with Crippen LogP contribution in [0.4, 0.5) is 16.2 Å². The van der Waals surface area contributed by atoms with Gasteiger partial charge in [0.05, 0.1) is 47.1 Å². The van der Waals surface area contributed by atoms with Crippen LogP contribution in [0.3, 0.4) is 0 Å². The van der Waals surface area contributed by atoms with Crippen molar-refractivity contribution < 1.29 is 24.2 Å². The van der Waals surface area contributed by atoms with Gasteiger partial charge >= 0.3 is 6.09 Å². The molecular formula is C34H31Cl2N7O6S. The SMILES string of the molecule is CC(=O)c1sc2cc1-c1ccc(NC(=O)OCCO)cc1NC(=O)[C@H](C)CCC[C@@H]2n1cnc(-c2cc(Cl)ccc2-n2cc(Cl)nn2)cc1=O. The molecule has 0 spiro atoms. The van der Waals surface area contributed by atoms with Crippen LogP contribution in [0.1, 0.15) is 53.7 Å². The highest BCUT2D eigenvalue weighted by molar-refractivity contribution is 7.14. The average Bonchev–Trinajstić information content (AvgIpc) is 3.72. The number of ketones is 1. The third-order valence-corrected chi connectivity index (χ3v) is 9.96. The van der Waals surface area contributed by atoms with E-state index in [1.165, 1.54) is 41.5 Å². The van der Waals surface area contributed by atoms with E-state index in [0.717, 1.165) is 4.88 Å². The van der Waals surface area contributed by atoms with Crippen LogP contribution in [0.15, 0.2) is 65.8 Å². The Bertz CT molecular complexity index is 2160. The van der Waals surface area contributed by atoms with E-state index in [1.54, 1.807) is 41.0 Å². The summed E-state index contributed by atoms with van der Waals surface area (Å²) >= 11 is 13.6. The predicted octanol–water partition coefficient (Wildman–Crippen LogP) is 6.62. The number of benzene rings is 2.